The molecule has 0 fully saturated rings. The normalized spacial score (nSPS) is 11.4. The minimum absolute atomic E-state index is 0.0352. The molecule has 0 unspecified atom stereocenters. The van der Waals surface area contributed by atoms with Crippen molar-refractivity contribution in [1.82, 2.24) is 9.97 Å². The Morgan fingerprint density at radius 1 is 0.828 bits per heavy atom. The highest BCUT2D eigenvalue weighted by Crippen LogP contribution is 2.28. The van der Waals surface area contributed by atoms with E-state index in [9.17, 15) is 12.8 Å². The number of benzene rings is 3. The molecule has 29 heavy (non-hydrogen) atoms. The van der Waals surface area contributed by atoms with Gasteiger partial charge in [-0.25, -0.2) is 22.8 Å². The topological polar surface area (TPSA) is 84.0 Å². The lowest BCUT2D eigenvalue weighted by atomic mass is 10.3. The van der Waals surface area contributed by atoms with Crippen LogP contribution in [0, 0.1) is 5.82 Å². The zero-order chi connectivity index (χ0) is 20.4. The highest BCUT2D eigenvalue weighted by atomic mass is 79.9. The Balaban J connectivity index is 1.78. The standard InChI is InChI=1S/C20H14BrFN4O2S/c21-13-4-3-5-15(12-13)23-19-20(25-18-7-2-1-6-17(18)24-19)26-29(27,28)16-10-8-14(22)9-11-16/h1-12H,(H,23,24)(H,25,26). The summed E-state index contributed by atoms with van der Waals surface area (Å²) in [6.07, 6.45) is 0. The van der Waals surface area contributed by atoms with E-state index in [4.69, 9.17) is 0 Å². The molecule has 1 heterocycles. The Bertz CT molecular complexity index is 1300. The number of fused-ring (bicyclic) bond motifs is 1. The molecule has 0 saturated carbocycles. The van der Waals surface area contributed by atoms with Gasteiger partial charge in [-0.1, -0.05) is 34.1 Å². The number of hydrogen-bond acceptors (Lipinski definition) is 5. The van der Waals surface area contributed by atoms with Gasteiger partial charge >= 0.3 is 0 Å². The molecule has 6 nitrogen and oxygen atoms in total. The summed E-state index contributed by atoms with van der Waals surface area (Å²) < 4.78 is 42.0. The molecule has 0 aliphatic carbocycles. The smallest absolute Gasteiger partial charge is 0.263 e. The van der Waals surface area contributed by atoms with Crippen LogP contribution in [0.3, 0.4) is 0 Å². The summed E-state index contributed by atoms with van der Waals surface area (Å²) in [4.78, 5) is 8.86. The van der Waals surface area contributed by atoms with E-state index in [1.807, 2.05) is 30.3 Å². The van der Waals surface area contributed by atoms with Crippen molar-refractivity contribution in [3.63, 3.8) is 0 Å². The van der Waals surface area contributed by atoms with Crippen LogP contribution in [0.5, 0.6) is 0 Å². The summed E-state index contributed by atoms with van der Waals surface area (Å²) in [5.74, 6) is -0.244. The van der Waals surface area contributed by atoms with Crippen LogP contribution < -0.4 is 10.0 Å². The van der Waals surface area contributed by atoms with Gasteiger partial charge in [0.2, 0.25) is 0 Å². The van der Waals surface area contributed by atoms with Gasteiger partial charge < -0.3 is 5.32 Å². The number of hydrogen-bond donors (Lipinski definition) is 2. The number of nitrogens with one attached hydrogen (secondary N) is 2. The first-order valence-corrected chi connectivity index (χ1v) is 10.8. The van der Waals surface area contributed by atoms with Crippen molar-refractivity contribution < 1.29 is 12.8 Å². The van der Waals surface area contributed by atoms with Crippen molar-refractivity contribution in [1.29, 1.82) is 0 Å². The van der Waals surface area contributed by atoms with Crippen molar-refractivity contribution >= 4 is 54.3 Å². The van der Waals surface area contributed by atoms with Gasteiger partial charge in [0, 0.05) is 10.2 Å². The molecule has 1 aromatic heterocycles. The highest BCUT2D eigenvalue weighted by molar-refractivity contribution is 9.10. The van der Waals surface area contributed by atoms with Crippen LogP contribution in [0.4, 0.5) is 21.7 Å². The maximum atomic E-state index is 13.2. The summed E-state index contributed by atoms with van der Waals surface area (Å²) in [5.41, 5.74) is 1.84. The first kappa shape index (κ1) is 19.3. The summed E-state index contributed by atoms with van der Waals surface area (Å²) in [5, 5.41) is 3.10. The van der Waals surface area contributed by atoms with Crippen molar-refractivity contribution in [2.45, 2.75) is 4.90 Å². The molecule has 3 aromatic carbocycles. The number of rotatable bonds is 5. The van der Waals surface area contributed by atoms with Crippen LogP contribution in [-0.2, 0) is 10.0 Å². The fourth-order valence-electron chi connectivity index (χ4n) is 2.66. The van der Waals surface area contributed by atoms with Gasteiger partial charge in [-0.15, -0.1) is 0 Å². The lowest BCUT2D eigenvalue weighted by molar-refractivity contribution is 0.599. The minimum Gasteiger partial charge on any atom is -0.337 e. The lowest BCUT2D eigenvalue weighted by Gasteiger charge is -2.14. The number of aromatic nitrogens is 2. The number of sulfonamides is 1. The Kier molecular flexibility index (Phi) is 5.16. The van der Waals surface area contributed by atoms with Gasteiger partial charge in [-0.3, -0.25) is 4.72 Å². The molecule has 0 aliphatic rings. The summed E-state index contributed by atoms with van der Waals surface area (Å²) in [6, 6.07) is 19.0. The van der Waals surface area contributed by atoms with E-state index in [2.05, 4.69) is 35.9 Å². The summed E-state index contributed by atoms with van der Waals surface area (Å²) >= 11 is 3.40. The maximum absolute atomic E-state index is 13.2. The molecular weight excluding hydrogens is 459 g/mol. The largest absolute Gasteiger partial charge is 0.337 e. The van der Waals surface area contributed by atoms with E-state index < -0.39 is 15.8 Å². The van der Waals surface area contributed by atoms with Crippen LogP contribution in [0.1, 0.15) is 0 Å². The molecule has 0 spiro atoms. The zero-order valence-corrected chi connectivity index (χ0v) is 17.2. The van der Waals surface area contributed by atoms with Crippen LogP contribution in [0.15, 0.2) is 82.2 Å². The van der Waals surface area contributed by atoms with Gasteiger partial charge in [0.25, 0.3) is 10.0 Å². The van der Waals surface area contributed by atoms with Gasteiger partial charge in [0.05, 0.1) is 15.9 Å². The van der Waals surface area contributed by atoms with E-state index in [-0.39, 0.29) is 16.5 Å². The van der Waals surface area contributed by atoms with Gasteiger partial charge in [-0.05, 0) is 54.6 Å². The third-order valence-electron chi connectivity index (χ3n) is 4.01. The molecule has 0 atom stereocenters. The predicted octanol–water partition coefficient (Wildman–Crippen LogP) is 5.08. The van der Waals surface area contributed by atoms with Crippen molar-refractivity contribution in [3.8, 4) is 0 Å². The van der Waals surface area contributed by atoms with Crippen molar-refractivity contribution in [3.05, 3.63) is 83.1 Å². The molecule has 146 valence electrons. The quantitative estimate of drug-likeness (QED) is 0.423. The molecule has 0 amide bonds. The average molecular weight is 473 g/mol. The second-order valence-electron chi connectivity index (χ2n) is 6.10. The average Bonchev–Trinajstić information content (AvgIpc) is 2.68. The second-order valence-corrected chi connectivity index (χ2v) is 8.70. The fraction of sp³-hybridized carbons (Fsp3) is 0. The third-order valence-corrected chi connectivity index (χ3v) is 5.86. The van der Waals surface area contributed by atoms with E-state index >= 15 is 0 Å². The highest BCUT2D eigenvalue weighted by Gasteiger charge is 2.19. The van der Waals surface area contributed by atoms with Crippen LogP contribution in [0.2, 0.25) is 0 Å². The summed E-state index contributed by atoms with van der Waals surface area (Å²) in [6.45, 7) is 0. The molecule has 0 bridgehead atoms. The van der Waals surface area contributed by atoms with Gasteiger partial charge in [0.1, 0.15) is 5.82 Å². The SMILES string of the molecule is O=S(=O)(Nc1nc2ccccc2nc1Nc1cccc(Br)c1)c1ccc(F)cc1. The van der Waals surface area contributed by atoms with Crippen LogP contribution >= 0.6 is 15.9 Å². The molecule has 2 N–H and O–H groups in total. The van der Waals surface area contributed by atoms with E-state index in [1.54, 1.807) is 18.2 Å². The van der Waals surface area contributed by atoms with Crippen LogP contribution in [0.25, 0.3) is 11.0 Å². The first-order chi connectivity index (χ1) is 13.9. The molecule has 4 aromatic rings. The number of para-hydroxylation sites is 2. The zero-order valence-electron chi connectivity index (χ0n) is 14.8. The number of anilines is 3. The monoisotopic (exact) mass is 472 g/mol. The van der Waals surface area contributed by atoms with Crippen molar-refractivity contribution in [2.24, 2.45) is 0 Å². The first-order valence-electron chi connectivity index (χ1n) is 8.48. The molecule has 4 rings (SSSR count). The molecule has 0 radical (unpaired) electrons. The van der Waals surface area contributed by atoms with Gasteiger partial charge in [-0.2, -0.15) is 0 Å². The Hall–Kier alpha value is -3.04. The molecular formula is C20H14BrFN4O2S. The Morgan fingerprint density at radius 2 is 1.48 bits per heavy atom. The lowest BCUT2D eigenvalue weighted by Crippen LogP contribution is -2.16. The molecule has 0 aliphatic heterocycles. The second kappa shape index (κ2) is 7.76. The van der Waals surface area contributed by atoms with E-state index in [0.717, 1.165) is 16.6 Å². The molecule has 0 saturated heterocycles. The Labute approximate surface area is 175 Å². The summed E-state index contributed by atoms with van der Waals surface area (Å²) in [7, 11) is -3.99. The van der Waals surface area contributed by atoms with E-state index in [1.165, 1.54) is 12.1 Å². The van der Waals surface area contributed by atoms with Gasteiger partial charge in [0.15, 0.2) is 11.6 Å². The Morgan fingerprint density at radius 3 is 2.14 bits per heavy atom. The molecule has 9 heteroatoms. The van der Waals surface area contributed by atoms with E-state index in [0.29, 0.717) is 16.7 Å². The van der Waals surface area contributed by atoms with Crippen LogP contribution in [-0.4, -0.2) is 18.4 Å². The third kappa shape index (κ3) is 4.36. The maximum Gasteiger partial charge on any atom is 0.263 e. The number of halogens is 2. The minimum atomic E-state index is -3.99. The number of nitrogens with zero attached hydrogens (tertiary/aromatic N) is 2. The predicted molar refractivity (Wildman–Crippen MR) is 114 cm³/mol. The fourth-order valence-corrected chi connectivity index (χ4v) is 4.07. The van der Waals surface area contributed by atoms with Crippen molar-refractivity contribution in [2.75, 3.05) is 10.0 Å².